The summed E-state index contributed by atoms with van der Waals surface area (Å²) in [6.45, 7) is 3.17. The molecule has 0 fully saturated rings. The Labute approximate surface area is 157 Å². The van der Waals surface area contributed by atoms with Gasteiger partial charge in [-0.05, 0) is 19.1 Å². The fourth-order valence-corrected chi connectivity index (χ4v) is 3.78. The Morgan fingerprint density at radius 3 is 2.96 bits per heavy atom. The van der Waals surface area contributed by atoms with E-state index in [0.717, 1.165) is 22.9 Å². The Morgan fingerprint density at radius 2 is 2.31 bits per heavy atom. The summed E-state index contributed by atoms with van der Waals surface area (Å²) >= 11 is 1.69. The third-order valence-electron chi connectivity index (χ3n) is 3.29. The molecule has 0 unspecified atom stereocenters. The molecule has 0 aromatic carbocycles. The molecule has 2 aromatic rings. The molecule has 2 aromatic heterocycles. The molecule has 0 saturated heterocycles. The Balaban J connectivity index is 1.86. The fraction of sp³-hybridized carbons (Fsp3) is 0.400. The van der Waals surface area contributed by atoms with Crippen molar-refractivity contribution in [1.29, 1.82) is 0 Å². The number of aryl methyl sites for hydroxylation is 1. The normalized spacial score (nSPS) is 12.2. The molecule has 0 atom stereocenters. The Hall–Kier alpha value is -2.11. The summed E-state index contributed by atoms with van der Waals surface area (Å²) in [6.07, 6.45) is 4.47. The highest BCUT2D eigenvalue weighted by atomic mass is 32.2. The molecule has 0 saturated carbocycles. The van der Waals surface area contributed by atoms with Gasteiger partial charge in [-0.15, -0.1) is 0 Å². The maximum absolute atomic E-state index is 12.4. The second-order valence-corrected chi connectivity index (χ2v) is 8.05. The molecule has 0 aliphatic heterocycles. The number of aliphatic imine (C=N–C) groups is 1. The molecule has 9 nitrogen and oxygen atoms in total. The van der Waals surface area contributed by atoms with E-state index in [4.69, 9.17) is 5.73 Å². The minimum atomic E-state index is -3.74. The van der Waals surface area contributed by atoms with Crippen LogP contribution in [0.4, 0.5) is 0 Å². The molecule has 0 bridgehead atoms. The van der Waals surface area contributed by atoms with Crippen molar-refractivity contribution >= 4 is 27.7 Å². The highest BCUT2D eigenvalue weighted by Gasteiger charge is 2.16. The first-order chi connectivity index (χ1) is 12.5. The summed E-state index contributed by atoms with van der Waals surface area (Å²) in [7, 11) is -3.74. The topological polar surface area (TPSA) is 138 Å². The van der Waals surface area contributed by atoms with Crippen LogP contribution in [0.2, 0.25) is 0 Å². The zero-order valence-corrected chi connectivity index (χ0v) is 16.1. The predicted molar refractivity (Wildman–Crippen MR) is 103 cm³/mol. The van der Waals surface area contributed by atoms with E-state index < -0.39 is 10.0 Å². The van der Waals surface area contributed by atoms with Crippen LogP contribution in [0.3, 0.4) is 0 Å². The molecule has 0 amide bonds. The number of pyridine rings is 1. The maximum atomic E-state index is 12.4. The monoisotopic (exact) mass is 397 g/mol. The van der Waals surface area contributed by atoms with Crippen LogP contribution < -0.4 is 15.8 Å². The number of nitrogens with zero attached hydrogens (tertiary/aromatic N) is 3. The van der Waals surface area contributed by atoms with Crippen molar-refractivity contribution in [3.63, 3.8) is 0 Å². The second-order valence-electron chi connectivity index (χ2n) is 5.27. The molecule has 5 N–H and O–H groups in total. The minimum absolute atomic E-state index is 0.0747. The molecule has 0 aliphatic rings. The summed E-state index contributed by atoms with van der Waals surface area (Å²) in [5, 5.41) is 3.01. The van der Waals surface area contributed by atoms with E-state index in [2.05, 4.69) is 30.0 Å². The van der Waals surface area contributed by atoms with Gasteiger partial charge in [0.2, 0.25) is 5.96 Å². The lowest BCUT2D eigenvalue weighted by atomic mass is 10.4. The average Bonchev–Trinajstić information content (AvgIpc) is 3.04. The highest BCUT2D eigenvalue weighted by Crippen LogP contribution is 2.11. The fourth-order valence-electron chi connectivity index (χ4n) is 1.94. The van der Waals surface area contributed by atoms with Crippen LogP contribution in [0.1, 0.15) is 11.4 Å². The van der Waals surface area contributed by atoms with Crippen molar-refractivity contribution in [3.8, 4) is 0 Å². The van der Waals surface area contributed by atoms with Gasteiger partial charge in [-0.3, -0.25) is 9.98 Å². The number of rotatable bonds is 9. The molecule has 11 heteroatoms. The number of aromatic amines is 1. The van der Waals surface area contributed by atoms with Crippen LogP contribution in [-0.4, -0.2) is 54.7 Å². The number of nitrogens with two attached hydrogens (primary N) is 1. The average molecular weight is 398 g/mol. The Bertz CT molecular complexity index is 806. The Kier molecular flexibility index (Phi) is 7.88. The first-order valence-electron chi connectivity index (χ1n) is 8.01. The van der Waals surface area contributed by atoms with Gasteiger partial charge in [-0.1, -0.05) is 0 Å². The lowest BCUT2D eigenvalue weighted by Crippen LogP contribution is -2.42. The molecular formula is C15H23N7O2S2. The molecule has 0 spiro atoms. The zero-order chi connectivity index (χ0) is 18.8. The molecule has 0 radical (unpaired) electrons. The zero-order valence-electron chi connectivity index (χ0n) is 14.5. The van der Waals surface area contributed by atoms with E-state index in [1.807, 2.05) is 6.92 Å². The molecular weight excluding hydrogens is 374 g/mol. The van der Waals surface area contributed by atoms with E-state index in [1.165, 1.54) is 18.5 Å². The van der Waals surface area contributed by atoms with E-state index in [1.54, 1.807) is 24.2 Å². The summed E-state index contributed by atoms with van der Waals surface area (Å²) in [4.78, 5) is 15.3. The molecule has 2 rings (SSSR count). The van der Waals surface area contributed by atoms with Gasteiger partial charge < -0.3 is 16.0 Å². The smallest absolute Gasteiger partial charge is 0.265 e. The number of sulfonamides is 1. The quantitative estimate of drug-likeness (QED) is 0.270. The van der Waals surface area contributed by atoms with Gasteiger partial charge in [-0.25, -0.2) is 18.1 Å². The standard InChI is InChI=1S/C15H23N7O2S2/c1-12-14(21-11-20-12)10-25-8-7-19-15(18-6-4-16)22-26(23,24)13-3-2-5-17-9-13/h2-3,5,9,11H,4,6-8,10,16H2,1H3,(H,20,21)(H2,18,19,22). The molecule has 0 aliphatic carbocycles. The van der Waals surface area contributed by atoms with E-state index in [0.29, 0.717) is 19.6 Å². The van der Waals surface area contributed by atoms with Crippen LogP contribution in [0.15, 0.2) is 40.7 Å². The Morgan fingerprint density at radius 1 is 1.46 bits per heavy atom. The third kappa shape index (κ3) is 6.32. The van der Waals surface area contributed by atoms with Gasteiger partial charge in [-0.2, -0.15) is 11.8 Å². The van der Waals surface area contributed by atoms with Crippen molar-refractivity contribution in [2.45, 2.75) is 17.6 Å². The van der Waals surface area contributed by atoms with Gasteiger partial charge in [0, 0.05) is 42.7 Å². The van der Waals surface area contributed by atoms with Crippen LogP contribution >= 0.6 is 11.8 Å². The largest absolute Gasteiger partial charge is 0.355 e. The highest BCUT2D eigenvalue weighted by molar-refractivity contribution is 7.98. The second kappa shape index (κ2) is 10.1. The molecule has 2 heterocycles. The lowest BCUT2D eigenvalue weighted by molar-refractivity contribution is 0.591. The van der Waals surface area contributed by atoms with Crippen LogP contribution in [0, 0.1) is 6.92 Å². The van der Waals surface area contributed by atoms with Crippen LogP contribution in [-0.2, 0) is 15.8 Å². The predicted octanol–water partition coefficient (Wildman–Crippen LogP) is 0.229. The van der Waals surface area contributed by atoms with E-state index in [-0.39, 0.29) is 10.9 Å². The summed E-state index contributed by atoms with van der Waals surface area (Å²) in [5.74, 6) is 1.73. The van der Waals surface area contributed by atoms with Crippen molar-refractivity contribution < 1.29 is 8.42 Å². The van der Waals surface area contributed by atoms with Gasteiger partial charge in [0.05, 0.1) is 18.6 Å². The van der Waals surface area contributed by atoms with Crippen molar-refractivity contribution in [3.05, 3.63) is 42.2 Å². The number of guanidine groups is 1. The number of thioether (sulfide) groups is 1. The van der Waals surface area contributed by atoms with Gasteiger partial charge in [0.15, 0.2) is 0 Å². The van der Waals surface area contributed by atoms with E-state index in [9.17, 15) is 8.42 Å². The number of imidazole rings is 1. The van der Waals surface area contributed by atoms with E-state index >= 15 is 0 Å². The summed E-state index contributed by atoms with van der Waals surface area (Å²) in [6, 6.07) is 3.03. The van der Waals surface area contributed by atoms with Gasteiger partial charge >= 0.3 is 0 Å². The van der Waals surface area contributed by atoms with Crippen LogP contribution in [0.25, 0.3) is 0 Å². The first kappa shape index (κ1) is 20.2. The summed E-state index contributed by atoms with van der Waals surface area (Å²) < 4.78 is 27.2. The minimum Gasteiger partial charge on any atom is -0.355 e. The van der Waals surface area contributed by atoms with Gasteiger partial charge in [0.25, 0.3) is 10.0 Å². The number of hydrogen-bond donors (Lipinski definition) is 4. The number of aromatic nitrogens is 3. The van der Waals surface area contributed by atoms with Crippen LogP contribution in [0.5, 0.6) is 0 Å². The maximum Gasteiger partial charge on any atom is 0.265 e. The molecule has 142 valence electrons. The SMILES string of the molecule is Cc1[nH]cnc1CSCCNC(=NCCN)NS(=O)(=O)c1cccnc1. The van der Waals surface area contributed by atoms with Gasteiger partial charge in [0.1, 0.15) is 4.90 Å². The van der Waals surface area contributed by atoms with Crippen molar-refractivity contribution in [2.75, 3.05) is 25.4 Å². The number of H-pyrrole nitrogens is 1. The summed E-state index contributed by atoms with van der Waals surface area (Å²) in [5.41, 5.74) is 7.53. The molecule has 26 heavy (non-hydrogen) atoms. The van der Waals surface area contributed by atoms with Crippen molar-refractivity contribution in [2.24, 2.45) is 10.7 Å². The van der Waals surface area contributed by atoms with Crippen molar-refractivity contribution in [1.82, 2.24) is 25.0 Å². The lowest BCUT2D eigenvalue weighted by Gasteiger charge is -2.12. The first-order valence-corrected chi connectivity index (χ1v) is 10.6. The number of nitrogens with one attached hydrogen (secondary N) is 3. The number of hydrogen-bond acceptors (Lipinski definition) is 7. The third-order valence-corrected chi connectivity index (χ3v) is 5.58.